The van der Waals surface area contributed by atoms with Gasteiger partial charge in [-0.2, -0.15) is 0 Å². The summed E-state index contributed by atoms with van der Waals surface area (Å²) in [4.78, 5) is 22.5. The fourth-order valence-corrected chi connectivity index (χ4v) is 1.43. The normalized spacial score (nSPS) is 11.7. The minimum Gasteiger partial charge on any atom is -0.478 e. The highest BCUT2D eigenvalue weighted by Crippen LogP contribution is 2.15. The Labute approximate surface area is 111 Å². The smallest absolute Gasteiger partial charge is 0.336 e. The zero-order chi connectivity index (χ0) is 14.4. The number of carbonyl (C=O) groups is 2. The zero-order valence-electron chi connectivity index (χ0n) is 11.2. The lowest BCUT2D eigenvalue weighted by Crippen LogP contribution is -2.34. The number of amides is 2. The van der Waals surface area contributed by atoms with Crippen molar-refractivity contribution < 1.29 is 19.4 Å². The van der Waals surface area contributed by atoms with E-state index in [1.165, 1.54) is 6.07 Å². The number of urea groups is 1. The van der Waals surface area contributed by atoms with Gasteiger partial charge in [0, 0.05) is 19.3 Å². The number of carboxylic acid groups (broad SMARTS) is 1. The highest BCUT2D eigenvalue weighted by molar-refractivity contribution is 5.94. The summed E-state index contributed by atoms with van der Waals surface area (Å²) in [6.45, 7) is 3.91. The number of methoxy groups -OCH3 is 1. The van der Waals surface area contributed by atoms with E-state index in [4.69, 9.17) is 9.84 Å². The Morgan fingerprint density at radius 1 is 1.42 bits per heavy atom. The first-order valence-electron chi connectivity index (χ1n) is 5.85. The van der Waals surface area contributed by atoms with Crippen LogP contribution in [0.25, 0.3) is 0 Å². The van der Waals surface area contributed by atoms with Crippen LogP contribution in [0.15, 0.2) is 18.2 Å². The second-order valence-corrected chi connectivity index (χ2v) is 4.22. The molecule has 0 aliphatic carbocycles. The molecule has 0 saturated heterocycles. The summed E-state index contributed by atoms with van der Waals surface area (Å²) in [7, 11) is 1.56. The van der Waals surface area contributed by atoms with Crippen molar-refractivity contribution >= 4 is 17.7 Å². The van der Waals surface area contributed by atoms with Crippen molar-refractivity contribution in [3.05, 3.63) is 29.3 Å². The molecule has 0 bridgehead atoms. The van der Waals surface area contributed by atoms with E-state index >= 15 is 0 Å². The lowest BCUT2D eigenvalue weighted by Gasteiger charge is -2.12. The van der Waals surface area contributed by atoms with Crippen LogP contribution in [0.5, 0.6) is 0 Å². The summed E-state index contributed by atoms with van der Waals surface area (Å²) in [5.74, 6) is -1.02. The average molecular weight is 266 g/mol. The fraction of sp³-hybridized carbons (Fsp3) is 0.385. The molecule has 0 aliphatic rings. The molecule has 0 radical (unpaired) electrons. The minimum absolute atomic E-state index is 0.0849. The van der Waals surface area contributed by atoms with Gasteiger partial charge in [0.25, 0.3) is 0 Å². The lowest BCUT2D eigenvalue weighted by atomic mass is 10.1. The van der Waals surface area contributed by atoms with Gasteiger partial charge in [-0.05, 0) is 31.5 Å². The van der Waals surface area contributed by atoms with Crippen LogP contribution in [0.3, 0.4) is 0 Å². The molecular weight excluding hydrogens is 248 g/mol. The van der Waals surface area contributed by atoms with Crippen molar-refractivity contribution in [1.82, 2.24) is 5.32 Å². The zero-order valence-corrected chi connectivity index (χ0v) is 11.2. The van der Waals surface area contributed by atoms with Gasteiger partial charge < -0.3 is 20.5 Å². The first kappa shape index (κ1) is 15.0. The maximum Gasteiger partial charge on any atom is 0.336 e. The first-order chi connectivity index (χ1) is 8.93. The maximum atomic E-state index is 11.6. The number of benzene rings is 1. The Morgan fingerprint density at radius 2 is 2.11 bits per heavy atom. The summed E-state index contributed by atoms with van der Waals surface area (Å²) in [6.07, 6.45) is -0.0849. The third-order valence-corrected chi connectivity index (χ3v) is 2.68. The maximum absolute atomic E-state index is 11.6. The molecule has 6 nitrogen and oxygen atoms in total. The van der Waals surface area contributed by atoms with Crippen molar-refractivity contribution in [1.29, 1.82) is 0 Å². The number of hydrogen-bond acceptors (Lipinski definition) is 3. The third-order valence-electron chi connectivity index (χ3n) is 2.68. The van der Waals surface area contributed by atoms with Crippen LogP contribution in [0, 0.1) is 6.92 Å². The van der Waals surface area contributed by atoms with Crippen LogP contribution in [0.1, 0.15) is 22.8 Å². The molecule has 19 heavy (non-hydrogen) atoms. The van der Waals surface area contributed by atoms with Crippen LogP contribution in [0.2, 0.25) is 0 Å². The van der Waals surface area contributed by atoms with Crippen LogP contribution < -0.4 is 10.6 Å². The quantitative estimate of drug-likeness (QED) is 0.759. The molecule has 0 spiro atoms. The summed E-state index contributed by atoms with van der Waals surface area (Å²) >= 11 is 0. The van der Waals surface area contributed by atoms with Gasteiger partial charge in [-0.1, -0.05) is 6.07 Å². The van der Waals surface area contributed by atoms with Crippen LogP contribution >= 0.6 is 0 Å². The van der Waals surface area contributed by atoms with Crippen molar-refractivity contribution in [2.45, 2.75) is 20.0 Å². The van der Waals surface area contributed by atoms with Crippen LogP contribution in [-0.4, -0.2) is 36.9 Å². The molecule has 0 aromatic heterocycles. The summed E-state index contributed by atoms with van der Waals surface area (Å²) in [5.41, 5.74) is 1.25. The van der Waals surface area contributed by atoms with Crippen molar-refractivity contribution in [3.8, 4) is 0 Å². The topological polar surface area (TPSA) is 87.7 Å². The van der Waals surface area contributed by atoms with E-state index in [2.05, 4.69) is 10.6 Å². The molecule has 3 N–H and O–H groups in total. The highest BCUT2D eigenvalue weighted by atomic mass is 16.5. The van der Waals surface area contributed by atoms with Crippen molar-refractivity contribution in [2.75, 3.05) is 19.0 Å². The molecule has 0 saturated carbocycles. The Bertz CT molecular complexity index is 474. The number of anilines is 1. The van der Waals surface area contributed by atoms with E-state index in [0.29, 0.717) is 17.8 Å². The van der Waals surface area contributed by atoms with Crippen molar-refractivity contribution in [3.63, 3.8) is 0 Å². The van der Waals surface area contributed by atoms with Crippen molar-refractivity contribution in [2.24, 2.45) is 0 Å². The Balaban J connectivity index is 2.64. The van der Waals surface area contributed by atoms with E-state index in [1.54, 1.807) is 26.2 Å². The number of hydrogen-bond donors (Lipinski definition) is 3. The highest BCUT2D eigenvalue weighted by Gasteiger charge is 2.09. The third kappa shape index (κ3) is 4.59. The van der Waals surface area contributed by atoms with Gasteiger partial charge in [-0.3, -0.25) is 0 Å². The number of rotatable bonds is 5. The molecule has 0 fully saturated rings. The molecule has 0 aliphatic heterocycles. The largest absolute Gasteiger partial charge is 0.478 e. The molecular formula is C13H18N2O4. The van der Waals surface area contributed by atoms with Gasteiger partial charge in [-0.15, -0.1) is 0 Å². The van der Waals surface area contributed by atoms with Gasteiger partial charge in [0.1, 0.15) is 0 Å². The molecule has 2 amide bonds. The number of nitrogens with one attached hydrogen (secondary N) is 2. The number of carboxylic acids is 1. The number of aryl methyl sites for hydroxylation is 1. The number of aromatic carboxylic acids is 1. The standard InChI is InChI=1S/C13H18N2O4/c1-8-4-5-10(6-11(8)12(16)17)15-13(18)14-7-9(2)19-3/h4-6,9H,7H2,1-3H3,(H,16,17)(H2,14,15,18). The van der Waals surface area contributed by atoms with E-state index in [0.717, 1.165) is 0 Å². The Hall–Kier alpha value is -2.08. The Kier molecular flexibility index (Phi) is 5.32. The fourth-order valence-electron chi connectivity index (χ4n) is 1.43. The molecule has 1 unspecified atom stereocenters. The van der Waals surface area contributed by atoms with Gasteiger partial charge in [0.05, 0.1) is 11.7 Å². The monoisotopic (exact) mass is 266 g/mol. The summed E-state index contributed by atoms with van der Waals surface area (Å²) in [6, 6.07) is 4.33. The molecule has 1 rings (SSSR count). The van der Waals surface area contributed by atoms with Crippen LogP contribution in [0.4, 0.5) is 10.5 Å². The molecule has 0 heterocycles. The SMILES string of the molecule is COC(C)CNC(=O)Nc1ccc(C)c(C(=O)O)c1. The van der Waals surface area contributed by atoms with Crippen LogP contribution in [-0.2, 0) is 4.74 Å². The van der Waals surface area contributed by atoms with Gasteiger partial charge in [0.2, 0.25) is 0 Å². The molecule has 1 atom stereocenters. The molecule has 104 valence electrons. The number of ether oxygens (including phenoxy) is 1. The molecule has 1 aromatic carbocycles. The van der Waals surface area contributed by atoms with Gasteiger partial charge >= 0.3 is 12.0 Å². The molecule has 6 heteroatoms. The lowest BCUT2D eigenvalue weighted by molar-refractivity contribution is 0.0696. The second kappa shape index (κ2) is 6.75. The summed E-state index contributed by atoms with van der Waals surface area (Å²) in [5, 5.41) is 14.2. The van der Waals surface area contributed by atoms with E-state index in [1.807, 2.05) is 6.92 Å². The first-order valence-corrected chi connectivity index (χ1v) is 5.85. The summed E-state index contributed by atoms with van der Waals surface area (Å²) < 4.78 is 5.00. The van der Waals surface area contributed by atoms with Gasteiger partial charge in [0.15, 0.2) is 0 Å². The Morgan fingerprint density at radius 3 is 2.68 bits per heavy atom. The van der Waals surface area contributed by atoms with E-state index in [-0.39, 0.29) is 11.7 Å². The number of carbonyl (C=O) groups excluding carboxylic acids is 1. The predicted molar refractivity (Wildman–Crippen MR) is 71.6 cm³/mol. The molecule has 1 aromatic rings. The van der Waals surface area contributed by atoms with E-state index < -0.39 is 12.0 Å². The average Bonchev–Trinajstić information content (AvgIpc) is 2.37. The predicted octanol–water partition coefficient (Wildman–Crippen LogP) is 1.85. The van der Waals surface area contributed by atoms with E-state index in [9.17, 15) is 9.59 Å². The minimum atomic E-state index is -1.02. The van der Waals surface area contributed by atoms with Gasteiger partial charge in [-0.25, -0.2) is 9.59 Å². The second-order valence-electron chi connectivity index (χ2n) is 4.22.